The number of likely N-dealkylation sites (tertiary alicyclic amines) is 1. The molecule has 0 aliphatic carbocycles. The van der Waals surface area contributed by atoms with E-state index in [4.69, 9.17) is 11.6 Å². The fraction of sp³-hybridized carbons (Fsp3) is 0.471. The van der Waals surface area contributed by atoms with Gasteiger partial charge in [-0.1, -0.05) is 11.6 Å². The topological polar surface area (TPSA) is 58.1 Å². The number of nitrogens with zero attached hydrogens (tertiary/aromatic N) is 3. The second-order valence-corrected chi connectivity index (χ2v) is 6.62. The highest BCUT2D eigenvalue weighted by molar-refractivity contribution is 6.29. The number of piperidine rings is 1. The van der Waals surface area contributed by atoms with Crippen molar-refractivity contribution in [2.24, 2.45) is 5.92 Å². The van der Waals surface area contributed by atoms with Gasteiger partial charge < -0.3 is 10.2 Å². The number of rotatable bonds is 4. The Balaban J connectivity index is 1.89. The Morgan fingerprint density at radius 1 is 1.39 bits per heavy atom. The highest BCUT2D eigenvalue weighted by Crippen LogP contribution is 2.27. The number of aromatic nitrogens is 2. The van der Waals surface area contributed by atoms with Gasteiger partial charge in [0.25, 0.3) is 0 Å². The first-order valence-corrected chi connectivity index (χ1v) is 8.31. The van der Waals surface area contributed by atoms with Crippen molar-refractivity contribution in [2.45, 2.75) is 19.8 Å². The molecule has 0 saturated carbocycles. The molecular weight excluding hydrogens is 312 g/mol. The van der Waals surface area contributed by atoms with E-state index < -0.39 is 0 Å². The molecule has 1 saturated heterocycles. The van der Waals surface area contributed by atoms with E-state index in [1.165, 1.54) is 0 Å². The lowest BCUT2D eigenvalue weighted by atomic mass is 9.97. The summed E-state index contributed by atoms with van der Waals surface area (Å²) >= 11 is 6.03. The smallest absolute Gasteiger partial charge is 0.163 e. The zero-order chi connectivity index (χ0) is 16.4. The number of anilines is 1. The van der Waals surface area contributed by atoms with Gasteiger partial charge in [-0.25, -0.2) is 4.98 Å². The fourth-order valence-electron chi connectivity index (χ4n) is 3.00. The number of ketones is 1. The second kappa shape index (κ2) is 6.81. The summed E-state index contributed by atoms with van der Waals surface area (Å²) in [5.74, 6) is 0.584. The average molecular weight is 333 g/mol. The van der Waals surface area contributed by atoms with Gasteiger partial charge in [-0.15, -0.1) is 0 Å². The number of hydrogen-bond donors (Lipinski definition) is 1. The Bertz CT molecular complexity index is 726. The lowest BCUT2D eigenvalue weighted by Crippen LogP contribution is -2.33. The predicted molar refractivity (Wildman–Crippen MR) is 93.3 cm³/mol. The Labute approximate surface area is 141 Å². The van der Waals surface area contributed by atoms with Crippen molar-refractivity contribution in [3.63, 3.8) is 0 Å². The van der Waals surface area contributed by atoms with Crippen molar-refractivity contribution >= 4 is 34.1 Å². The Morgan fingerprint density at radius 2 is 2.13 bits per heavy atom. The zero-order valence-electron chi connectivity index (χ0n) is 13.5. The van der Waals surface area contributed by atoms with Crippen LogP contribution in [0.4, 0.5) is 5.69 Å². The van der Waals surface area contributed by atoms with Crippen molar-refractivity contribution in [1.29, 1.82) is 0 Å². The number of carbonyl (C=O) groups excluding carboxylic acids is 1. The van der Waals surface area contributed by atoms with Crippen LogP contribution in [0.5, 0.6) is 0 Å². The maximum Gasteiger partial charge on any atom is 0.163 e. The number of pyridine rings is 2. The third-order valence-corrected chi connectivity index (χ3v) is 4.67. The first kappa shape index (κ1) is 16.1. The molecule has 1 fully saturated rings. The van der Waals surface area contributed by atoms with E-state index in [1.54, 1.807) is 19.2 Å². The number of nitrogens with one attached hydrogen (secondary N) is 1. The highest BCUT2D eigenvalue weighted by atomic mass is 35.5. The molecule has 3 rings (SSSR count). The van der Waals surface area contributed by atoms with Crippen LogP contribution in [-0.4, -0.2) is 47.3 Å². The lowest BCUT2D eigenvalue weighted by molar-refractivity contribution is 0.101. The minimum atomic E-state index is -0.0212. The van der Waals surface area contributed by atoms with E-state index in [1.807, 2.05) is 6.07 Å². The molecule has 6 heteroatoms. The summed E-state index contributed by atoms with van der Waals surface area (Å²) in [6, 6.07) is 3.54. The van der Waals surface area contributed by atoms with Crippen LogP contribution < -0.4 is 5.32 Å². The first-order valence-electron chi connectivity index (χ1n) is 7.93. The summed E-state index contributed by atoms with van der Waals surface area (Å²) in [4.78, 5) is 23.0. The number of Topliss-reactive ketones (excluding diaryl/α,β-unsaturated/α-hetero) is 1. The normalized spacial score (nSPS) is 16.7. The van der Waals surface area contributed by atoms with Gasteiger partial charge in [-0.2, -0.15) is 0 Å². The standard InChI is InChI=1S/C17H21ClN4O/c1-11(23)13-10-19-14-3-4-15(18)21-17(14)16(13)20-9-12-5-7-22(2)8-6-12/h3-4,10,12H,5-9H2,1-2H3,(H,19,20). The molecule has 1 aliphatic rings. The van der Waals surface area contributed by atoms with Crippen molar-refractivity contribution in [2.75, 3.05) is 32.0 Å². The van der Waals surface area contributed by atoms with Gasteiger partial charge in [-0.3, -0.25) is 9.78 Å². The van der Waals surface area contributed by atoms with Crippen LogP contribution in [0.15, 0.2) is 18.3 Å². The average Bonchev–Trinajstić information content (AvgIpc) is 2.53. The number of hydrogen-bond acceptors (Lipinski definition) is 5. The molecule has 1 aliphatic heterocycles. The molecule has 2 aromatic heterocycles. The molecule has 2 aromatic rings. The van der Waals surface area contributed by atoms with E-state index in [0.717, 1.165) is 43.7 Å². The Kier molecular flexibility index (Phi) is 4.78. The zero-order valence-corrected chi connectivity index (χ0v) is 14.2. The van der Waals surface area contributed by atoms with E-state index in [9.17, 15) is 4.79 Å². The maximum atomic E-state index is 11.9. The molecule has 5 nitrogen and oxygen atoms in total. The minimum absolute atomic E-state index is 0.0212. The van der Waals surface area contributed by atoms with Crippen LogP contribution in [-0.2, 0) is 0 Å². The summed E-state index contributed by atoms with van der Waals surface area (Å²) < 4.78 is 0. The molecule has 122 valence electrons. The van der Waals surface area contributed by atoms with Gasteiger partial charge in [0.05, 0.1) is 16.8 Å². The van der Waals surface area contributed by atoms with Gasteiger partial charge >= 0.3 is 0 Å². The van der Waals surface area contributed by atoms with E-state index >= 15 is 0 Å². The van der Waals surface area contributed by atoms with Gasteiger partial charge in [0.15, 0.2) is 5.78 Å². The number of halogens is 1. The van der Waals surface area contributed by atoms with Gasteiger partial charge in [0, 0.05) is 12.7 Å². The first-order chi connectivity index (χ1) is 11.0. The third kappa shape index (κ3) is 3.62. The molecule has 23 heavy (non-hydrogen) atoms. The minimum Gasteiger partial charge on any atom is -0.382 e. The highest BCUT2D eigenvalue weighted by Gasteiger charge is 2.19. The molecule has 3 heterocycles. The monoisotopic (exact) mass is 332 g/mol. The maximum absolute atomic E-state index is 11.9. The summed E-state index contributed by atoms with van der Waals surface area (Å²) in [5, 5.41) is 3.85. The van der Waals surface area contributed by atoms with Gasteiger partial charge in [-0.05, 0) is 58.0 Å². The molecule has 0 atom stereocenters. The predicted octanol–water partition coefficient (Wildman–Crippen LogP) is 3.24. The van der Waals surface area contributed by atoms with Crippen molar-refractivity contribution in [3.8, 4) is 0 Å². The molecule has 0 bridgehead atoms. The molecule has 0 aromatic carbocycles. The van der Waals surface area contributed by atoms with Crippen molar-refractivity contribution in [3.05, 3.63) is 29.0 Å². The summed E-state index contributed by atoms with van der Waals surface area (Å²) in [5.41, 5.74) is 2.73. The Morgan fingerprint density at radius 3 is 2.83 bits per heavy atom. The van der Waals surface area contributed by atoms with E-state index in [-0.39, 0.29) is 5.78 Å². The van der Waals surface area contributed by atoms with Gasteiger partial charge in [0.2, 0.25) is 0 Å². The van der Waals surface area contributed by atoms with Crippen LogP contribution in [0.1, 0.15) is 30.1 Å². The number of fused-ring (bicyclic) bond motifs is 1. The summed E-state index contributed by atoms with van der Waals surface area (Å²) in [7, 11) is 2.15. The Hall–Kier alpha value is -1.72. The molecule has 0 radical (unpaired) electrons. The molecule has 0 amide bonds. The van der Waals surface area contributed by atoms with Gasteiger partial charge in [0.1, 0.15) is 10.7 Å². The molecule has 1 N–H and O–H groups in total. The summed E-state index contributed by atoms with van der Waals surface area (Å²) in [6.45, 7) is 4.62. The molecule has 0 unspecified atom stereocenters. The quantitative estimate of drug-likeness (QED) is 0.688. The second-order valence-electron chi connectivity index (χ2n) is 6.23. The SMILES string of the molecule is CC(=O)c1cnc2ccc(Cl)nc2c1NCC1CCN(C)CC1. The van der Waals surface area contributed by atoms with Crippen LogP contribution in [0, 0.1) is 5.92 Å². The summed E-state index contributed by atoms with van der Waals surface area (Å²) in [6.07, 6.45) is 3.95. The largest absolute Gasteiger partial charge is 0.382 e. The van der Waals surface area contributed by atoms with Crippen LogP contribution >= 0.6 is 11.6 Å². The fourth-order valence-corrected chi connectivity index (χ4v) is 3.15. The molecule has 0 spiro atoms. The van der Waals surface area contributed by atoms with Crippen molar-refractivity contribution < 1.29 is 4.79 Å². The van der Waals surface area contributed by atoms with Crippen LogP contribution in [0.2, 0.25) is 5.15 Å². The van der Waals surface area contributed by atoms with E-state index in [2.05, 4.69) is 27.2 Å². The molecular formula is C17H21ClN4O. The van der Waals surface area contributed by atoms with E-state index in [0.29, 0.717) is 22.2 Å². The third-order valence-electron chi connectivity index (χ3n) is 4.46. The lowest BCUT2D eigenvalue weighted by Gasteiger charge is -2.29. The van der Waals surface area contributed by atoms with Crippen LogP contribution in [0.25, 0.3) is 11.0 Å². The van der Waals surface area contributed by atoms with Crippen molar-refractivity contribution in [1.82, 2.24) is 14.9 Å². The van der Waals surface area contributed by atoms with Crippen LogP contribution in [0.3, 0.4) is 0 Å². The number of carbonyl (C=O) groups is 1.